The van der Waals surface area contributed by atoms with Gasteiger partial charge in [-0.1, -0.05) is 44.2 Å². The highest BCUT2D eigenvalue weighted by Crippen LogP contribution is 2.43. The number of Topliss-reactive ketones (excluding diaryl/α,β-unsaturated/α-hetero) is 1. The van der Waals surface area contributed by atoms with E-state index in [2.05, 4.69) is 4.90 Å². The second-order valence-corrected chi connectivity index (χ2v) is 10.7. The van der Waals surface area contributed by atoms with E-state index < -0.39 is 17.7 Å². The molecule has 6 nitrogen and oxygen atoms in total. The minimum absolute atomic E-state index is 0.0919. The van der Waals surface area contributed by atoms with Crippen LogP contribution < -0.4 is 14.5 Å². The van der Waals surface area contributed by atoms with Gasteiger partial charge in [0.1, 0.15) is 11.5 Å². The summed E-state index contributed by atoms with van der Waals surface area (Å²) in [4.78, 5) is 31.1. The third-order valence-electron chi connectivity index (χ3n) is 7.86. The summed E-state index contributed by atoms with van der Waals surface area (Å²) in [6.45, 7) is 8.01. The molecule has 0 aliphatic carbocycles. The van der Waals surface area contributed by atoms with E-state index >= 15 is 0 Å². The number of aliphatic hydroxyl groups is 1. The average Bonchev–Trinajstić information content (AvgIpc) is 3.23. The van der Waals surface area contributed by atoms with Gasteiger partial charge in [-0.05, 0) is 85.2 Å². The Morgan fingerprint density at radius 1 is 0.923 bits per heavy atom. The van der Waals surface area contributed by atoms with Crippen LogP contribution in [0.5, 0.6) is 5.75 Å². The number of rotatable bonds is 6. The van der Waals surface area contributed by atoms with E-state index in [-0.39, 0.29) is 17.3 Å². The Morgan fingerprint density at radius 3 is 2.18 bits per heavy atom. The fourth-order valence-corrected chi connectivity index (χ4v) is 5.75. The SMILES string of the molecule is COc1cc(C)c(/C(O)=C2\C(=O)C(=O)N(c3ccc(N4CCCCC4)cc3)C2c2ccccc2)cc1C(C)C. The Hall–Kier alpha value is -4.06. The normalized spacial score (nSPS) is 19.2. The molecule has 3 aromatic carbocycles. The summed E-state index contributed by atoms with van der Waals surface area (Å²) in [5.74, 6) is -0.642. The van der Waals surface area contributed by atoms with E-state index in [0.29, 0.717) is 11.3 Å². The van der Waals surface area contributed by atoms with Gasteiger partial charge >= 0.3 is 0 Å². The van der Waals surface area contributed by atoms with Crippen molar-refractivity contribution in [2.24, 2.45) is 0 Å². The molecule has 1 unspecified atom stereocenters. The molecule has 2 aliphatic heterocycles. The second-order valence-electron chi connectivity index (χ2n) is 10.7. The first kappa shape index (κ1) is 26.5. The van der Waals surface area contributed by atoms with E-state index in [9.17, 15) is 14.7 Å². The van der Waals surface area contributed by atoms with Crippen molar-refractivity contribution in [3.8, 4) is 5.75 Å². The van der Waals surface area contributed by atoms with Gasteiger partial charge in [0.25, 0.3) is 11.7 Å². The molecule has 2 saturated heterocycles. The van der Waals surface area contributed by atoms with Crippen LogP contribution in [-0.2, 0) is 9.59 Å². The molecule has 2 aliphatic rings. The number of aliphatic hydroxyl groups excluding tert-OH is 1. The van der Waals surface area contributed by atoms with Crippen LogP contribution in [0.4, 0.5) is 11.4 Å². The molecule has 2 heterocycles. The monoisotopic (exact) mass is 524 g/mol. The first-order valence-corrected chi connectivity index (χ1v) is 13.7. The fraction of sp³-hybridized carbons (Fsp3) is 0.333. The molecular formula is C33H36N2O4. The van der Waals surface area contributed by atoms with Crippen molar-refractivity contribution in [2.75, 3.05) is 30.0 Å². The lowest BCUT2D eigenvalue weighted by molar-refractivity contribution is -0.132. The van der Waals surface area contributed by atoms with Crippen molar-refractivity contribution < 1.29 is 19.4 Å². The number of aryl methyl sites for hydroxylation is 1. The average molecular weight is 525 g/mol. The summed E-state index contributed by atoms with van der Waals surface area (Å²) < 4.78 is 5.57. The van der Waals surface area contributed by atoms with Crippen molar-refractivity contribution in [1.29, 1.82) is 0 Å². The zero-order valence-corrected chi connectivity index (χ0v) is 23.1. The highest BCUT2D eigenvalue weighted by Gasteiger charge is 2.47. The Morgan fingerprint density at radius 2 is 1.56 bits per heavy atom. The summed E-state index contributed by atoms with van der Waals surface area (Å²) in [5, 5.41) is 11.7. The molecule has 1 amide bonds. The van der Waals surface area contributed by atoms with Gasteiger partial charge in [0, 0.05) is 30.0 Å². The zero-order valence-electron chi connectivity index (χ0n) is 23.1. The summed E-state index contributed by atoms with van der Waals surface area (Å²) in [6, 6.07) is 20.3. The highest BCUT2D eigenvalue weighted by atomic mass is 16.5. The molecule has 0 spiro atoms. The molecule has 0 saturated carbocycles. The Kier molecular flexibility index (Phi) is 7.47. The molecule has 5 rings (SSSR count). The molecule has 2 fully saturated rings. The molecule has 6 heteroatoms. The number of methoxy groups -OCH3 is 1. The van der Waals surface area contributed by atoms with Crippen LogP contribution >= 0.6 is 0 Å². The number of ether oxygens (including phenoxy) is 1. The topological polar surface area (TPSA) is 70.1 Å². The molecule has 1 atom stereocenters. The minimum atomic E-state index is -0.754. The smallest absolute Gasteiger partial charge is 0.300 e. The summed E-state index contributed by atoms with van der Waals surface area (Å²) in [7, 11) is 1.62. The number of hydrogen-bond donors (Lipinski definition) is 1. The van der Waals surface area contributed by atoms with Crippen molar-refractivity contribution in [1.82, 2.24) is 0 Å². The number of amides is 1. The molecule has 202 valence electrons. The lowest BCUT2D eigenvalue weighted by atomic mass is 9.91. The van der Waals surface area contributed by atoms with Gasteiger partial charge < -0.3 is 14.7 Å². The third kappa shape index (κ3) is 4.91. The van der Waals surface area contributed by atoms with Crippen LogP contribution in [0.3, 0.4) is 0 Å². The summed E-state index contributed by atoms with van der Waals surface area (Å²) >= 11 is 0. The predicted molar refractivity (Wildman–Crippen MR) is 156 cm³/mol. The third-order valence-corrected chi connectivity index (χ3v) is 7.86. The highest BCUT2D eigenvalue weighted by molar-refractivity contribution is 6.51. The van der Waals surface area contributed by atoms with E-state index in [1.54, 1.807) is 7.11 Å². The number of nitrogens with zero attached hydrogens (tertiary/aromatic N) is 2. The second kappa shape index (κ2) is 11.0. The maximum absolute atomic E-state index is 13.6. The van der Waals surface area contributed by atoms with Gasteiger partial charge in [0.15, 0.2) is 0 Å². The molecule has 0 aromatic heterocycles. The van der Waals surface area contributed by atoms with Gasteiger partial charge in [-0.2, -0.15) is 0 Å². The predicted octanol–water partition coefficient (Wildman–Crippen LogP) is 6.74. The maximum atomic E-state index is 13.6. The molecule has 3 aromatic rings. The molecule has 0 radical (unpaired) electrons. The van der Waals surface area contributed by atoms with Crippen LogP contribution in [-0.4, -0.2) is 37.0 Å². The number of anilines is 2. The van der Waals surface area contributed by atoms with Crippen molar-refractivity contribution >= 4 is 28.8 Å². The van der Waals surface area contributed by atoms with E-state index in [0.717, 1.165) is 41.2 Å². The lowest BCUT2D eigenvalue weighted by Gasteiger charge is -2.30. The number of carbonyl (C=O) groups excluding carboxylic acids is 2. The molecule has 0 bridgehead atoms. The van der Waals surface area contributed by atoms with Crippen LogP contribution in [0.2, 0.25) is 0 Å². The van der Waals surface area contributed by atoms with E-state index in [1.165, 1.54) is 24.2 Å². The fourth-order valence-electron chi connectivity index (χ4n) is 5.75. The Labute approximate surface area is 230 Å². The zero-order chi connectivity index (χ0) is 27.7. The molecular weight excluding hydrogens is 488 g/mol. The largest absolute Gasteiger partial charge is 0.507 e. The van der Waals surface area contributed by atoms with Crippen LogP contribution in [0, 0.1) is 6.92 Å². The van der Waals surface area contributed by atoms with Crippen LogP contribution in [0.25, 0.3) is 5.76 Å². The van der Waals surface area contributed by atoms with E-state index in [4.69, 9.17) is 4.74 Å². The molecule has 39 heavy (non-hydrogen) atoms. The Balaban J connectivity index is 1.63. The number of benzene rings is 3. The minimum Gasteiger partial charge on any atom is -0.507 e. The van der Waals surface area contributed by atoms with Crippen molar-refractivity contribution in [3.63, 3.8) is 0 Å². The summed E-state index contributed by atoms with van der Waals surface area (Å²) in [5.41, 5.74) is 4.80. The number of piperidine rings is 1. The lowest BCUT2D eigenvalue weighted by Crippen LogP contribution is -2.30. The van der Waals surface area contributed by atoms with Crippen LogP contribution in [0.15, 0.2) is 72.3 Å². The number of ketones is 1. The Bertz CT molecular complexity index is 1400. The van der Waals surface area contributed by atoms with Crippen LogP contribution in [0.1, 0.15) is 67.3 Å². The molecule has 1 N–H and O–H groups in total. The van der Waals surface area contributed by atoms with E-state index in [1.807, 2.05) is 87.5 Å². The van der Waals surface area contributed by atoms with Gasteiger partial charge in [-0.15, -0.1) is 0 Å². The van der Waals surface area contributed by atoms with Crippen molar-refractivity contribution in [3.05, 3.63) is 94.6 Å². The first-order valence-electron chi connectivity index (χ1n) is 13.7. The number of carbonyl (C=O) groups is 2. The first-order chi connectivity index (χ1) is 18.8. The van der Waals surface area contributed by atoms with Gasteiger partial charge in [0.05, 0.1) is 18.7 Å². The van der Waals surface area contributed by atoms with Gasteiger partial charge in [-0.3, -0.25) is 14.5 Å². The van der Waals surface area contributed by atoms with Crippen molar-refractivity contribution in [2.45, 2.75) is 52.0 Å². The van der Waals surface area contributed by atoms with Gasteiger partial charge in [0.2, 0.25) is 0 Å². The standard InChI is InChI=1S/C33H36N2O4/c1-21(2)26-20-27(22(3)19-28(26)39-4)31(36)29-30(23-11-7-5-8-12-23)35(33(38)32(29)37)25-15-13-24(14-16-25)34-17-9-6-10-18-34/h5,7-8,11-16,19-21,30,36H,6,9-10,17-18H2,1-4H3/b31-29+. The maximum Gasteiger partial charge on any atom is 0.300 e. The van der Waals surface area contributed by atoms with Gasteiger partial charge in [-0.25, -0.2) is 0 Å². The summed E-state index contributed by atoms with van der Waals surface area (Å²) in [6.07, 6.45) is 3.60. The number of hydrogen-bond acceptors (Lipinski definition) is 5. The quantitative estimate of drug-likeness (QED) is 0.220.